The van der Waals surface area contributed by atoms with E-state index in [9.17, 15) is 4.79 Å². The molecular formula is C20H26N4O2. The van der Waals surface area contributed by atoms with Crippen molar-refractivity contribution < 1.29 is 9.53 Å². The summed E-state index contributed by atoms with van der Waals surface area (Å²) >= 11 is 0. The number of benzene rings is 1. The Balaban J connectivity index is 1.47. The van der Waals surface area contributed by atoms with Crippen LogP contribution in [-0.2, 0) is 22.5 Å². The second-order valence-corrected chi connectivity index (χ2v) is 7.04. The van der Waals surface area contributed by atoms with Crippen LogP contribution in [0.1, 0.15) is 36.0 Å². The van der Waals surface area contributed by atoms with Gasteiger partial charge in [-0.05, 0) is 31.4 Å². The summed E-state index contributed by atoms with van der Waals surface area (Å²) in [7, 11) is 0. The van der Waals surface area contributed by atoms with E-state index >= 15 is 0 Å². The third-order valence-corrected chi connectivity index (χ3v) is 5.35. The molecule has 2 aromatic rings. The number of hydrogen-bond donors (Lipinski definition) is 1. The maximum Gasteiger partial charge on any atom is 0.243 e. The van der Waals surface area contributed by atoms with Gasteiger partial charge < -0.3 is 19.5 Å². The maximum absolute atomic E-state index is 12.9. The van der Waals surface area contributed by atoms with Gasteiger partial charge in [0.25, 0.3) is 0 Å². The van der Waals surface area contributed by atoms with Gasteiger partial charge in [0.15, 0.2) is 0 Å². The lowest BCUT2D eigenvalue weighted by molar-refractivity contribution is -0.125. The number of morpholine rings is 1. The number of ether oxygens (including phenoxy) is 1. The Morgan fingerprint density at radius 1 is 1.31 bits per heavy atom. The highest BCUT2D eigenvalue weighted by Crippen LogP contribution is 2.27. The normalized spacial score (nSPS) is 19.9. The lowest BCUT2D eigenvalue weighted by atomic mass is 10.0. The van der Waals surface area contributed by atoms with E-state index in [2.05, 4.69) is 38.0 Å². The van der Waals surface area contributed by atoms with E-state index in [1.54, 1.807) is 0 Å². The molecule has 0 radical (unpaired) electrons. The van der Waals surface area contributed by atoms with Crippen LogP contribution >= 0.6 is 0 Å². The first kappa shape index (κ1) is 17.1. The second kappa shape index (κ2) is 7.50. The van der Waals surface area contributed by atoms with Crippen molar-refractivity contribution in [3.05, 3.63) is 47.5 Å². The predicted octanol–water partition coefficient (Wildman–Crippen LogP) is 2.22. The molecule has 0 bridgehead atoms. The molecule has 4 rings (SSSR count). The molecule has 2 aliphatic rings. The van der Waals surface area contributed by atoms with Crippen LogP contribution in [-0.4, -0.2) is 41.8 Å². The molecule has 26 heavy (non-hydrogen) atoms. The minimum atomic E-state index is -0.142. The first-order chi connectivity index (χ1) is 12.7. The highest BCUT2D eigenvalue weighted by Gasteiger charge is 2.27. The molecule has 1 atom stereocenters. The van der Waals surface area contributed by atoms with Crippen molar-refractivity contribution in [3.63, 3.8) is 0 Å². The van der Waals surface area contributed by atoms with Crippen LogP contribution in [0.25, 0.3) is 0 Å². The number of carbonyl (C=O) groups is 1. The number of nitrogens with zero attached hydrogens (tertiary/aromatic N) is 3. The van der Waals surface area contributed by atoms with Crippen molar-refractivity contribution in [2.24, 2.45) is 0 Å². The molecule has 2 aliphatic heterocycles. The van der Waals surface area contributed by atoms with E-state index in [-0.39, 0.29) is 11.9 Å². The Labute approximate surface area is 154 Å². The lowest BCUT2D eigenvalue weighted by Gasteiger charge is -2.31. The average molecular weight is 354 g/mol. The third-order valence-electron chi connectivity index (χ3n) is 5.35. The zero-order chi connectivity index (χ0) is 17.9. The number of aryl methyl sites for hydroxylation is 2. The smallest absolute Gasteiger partial charge is 0.243 e. The van der Waals surface area contributed by atoms with Crippen LogP contribution in [0.2, 0.25) is 0 Å². The number of hydrogen-bond acceptors (Lipinski definition) is 4. The van der Waals surface area contributed by atoms with Gasteiger partial charge in [-0.15, -0.1) is 0 Å². The van der Waals surface area contributed by atoms with Gasteiger partial charge in [0, 0.05) is 43.6 Å². The van der Waals surface area contributed by atoms with Crippen LogP contribution in [0.4, 0.5) is 5.69 Å². The quantitative estimate of drug-likeness (QED) is 0.915. The molecular weight excluding hydrogens is 328 g/mol. The number of rotatable bonds is 4. The largest absolute Gasteiger partial charge is 0.378 e. The lowest BCUT2D eigenvalue weighted by Crippen LogP contribution is -2.38. The van der Waals surface area contributed by atoms with Crippen molar-refractivity contribution in [2.45, 2.75) is 38.8 Å². The SMILES string of the molecule is Cc1cnc2n1C(C(=O)NCc1ccccc1N1CCOCC1)CCC2. The maximum atomic E-state index is 12.9. The summed E-state index contributed by atoms with van der Waals surface area (Å²) in [4.78, 5) is 19.7. The van der Waals surface area contributed by atoms with Gasteiger partial charge in [-0.25, -0.2) is 4.98 Å². The fourth-order valence-corrected chi connectivity index (χ4v) is 4.01. The Morgan fingerprint density at radius 3 is 2.96 bits per heavy atom. The number of anilines is 1. The molecule has 1 saturated heterocycles. The van der Waals surface area contributed by atoms with Crippen molar-refractivity contribution in [2.75, 3.05) is 31.2 Å². The highest BCUT2D eigenvalue weighted by atomic mass is 16.5. The van der Waals surface area contributed by atoms with Gasteiger partial charge >= 0.3 is 0 Å². The molecule has 1 aromatic heterocycles. The van der Waals surface area contributed by atoms with Crippen LogP contribution in [0.3, 0.4) is 0 Å². The van der Waals surface area contributed by atoms with Crippen LogP contribution in [0.5, 0.6) is 0 Å². The van der Waals surface area contributed by atoms with Gasteiger partial charge in [0.05, 0.1) is 13.2 Å². The van der Waals surface area contributed by atoms with Gasteiger partial charge in [0.1, 0.15) is 11.9 Å². The zero-order valence-electron chi connectivity index (χ0n) is 15.3. The van der Waals surface area contributed by atoms with Crippen LogP contribution in [0.15, 0.2) is 30.5 Å². The monoisotopic (exact) mass is 354 g/mol. The Kier molecular flexibility index (Phi) is 4.93. The van der Waals surface area contributed by atoms with E-state index in [4.69, 9.17) is 4.74 Å². The molecule has 1 unspecified atom stereocenters. The number of aromatic nitrogens is 2. The summed E-state index contributed by atoms with van der Waals surface area (Å²) in [6.07, 6.45) is 4.71. The minimum absolute atomic E-state index is 0.0869. The number of para-hydroxylation sites is 1. The molecule has 0 spiro atoms. The number of fused-ring (bicyclic) bond motifs is 1. The van der Waals surface area contributed by atoms with Crippen molar-refractivity contribution in [1.29, 1.82) is 0 Å². The summed E-state index contributed by atoms with van der Waals surface area (Å²) in [5, 5.41) is 3.16. The highest BCUT2D eigenvalue weighted by molar-refractivity contribution is 5.80. The molecule has 0 saturated carbocycles. The molecule has 1 amide bonds. The minimum Gasteiger partial charge on any atom is -0.378 e. The predicted molar refractivity (Wildman–Crippen MR) is 100 cm³/mol. The van der Waals surface area contributed by atoms with E-state index in [0.717, 1.165) is 62.6 Å². The van der Waals surface area contributed by atoms with Crippen LogP contribution in [0, 0.1) is 6.92 Å². The summed E-state index contributed by atoms with van der Waals surface area (Å²) in [5.41, 5.74) is 3.41. The van der Waals surface area contributed by atoms with Crippen molar-refractivity contribution in [1.82, 2.24) is 14.9 Å². The van der Waals surface area contributed by atoms with E-state index in [1.165, 1.54) is 5.69 Å². The summed E-state index contributed by atoms with van der Waals surface area (Å²) in [6, 6.07) is 8.17. The van der Waals surface area contributed by atoms with E-state index < -0.39 is 0 Å². The Bertz CT molecular complexity index is 780. The molecule has 6 nitrogen and oxygen atoms in total. The number of nitrogens with one attached hydrogen (secondary N) is 1. The van der Waals surface area contributed by atoms with Gasteiger partial charge in [-0.1, -0.05) is 18.2 Å². The number of imidazole rings is 1. The van der Waals surface area contributed by atoms with Crippen LogP contribution < -0.4 is 10.2 Å². The topological polar surface area (TPSA) is 59.4 Å². The molecule has 0 aliphatic carbocycles. The Morgan fingerprint density at radius 2 is 2.12 bits per heavy atom. The fraction of sp³-hybridized carbons (Fsp3) is 0.500. The van der Waals surface area contributed by atoms with Gasteiger partial charge in [-0.2, -0.15) is 0 Å². The third kappa shape index (κ3) is 3.33. The van der Waals surface area contributed by atoms with Gasteiger partial charge in [0.2, 0.25) is 5.91 Å². The molecule has 138 valence electrons. The van der Waals surface area contributed by atoms with Gasteiger partial charge in [-0.3, -0.25) is 4.79 Å². The molecule has 1 fully saturated rings. The van der Waals surface area contributed by atoms with E-state index in [0.29, 0.717) is 6.54 Å². The summed E-state index contributed by atoms with van der Waals surface area (Å²) in [6.45, 7) is 5.87. The number of amides is 1. The standard InChI is InChI=1S/C20H26N4O2/c1-15-13-21-19-8-4-7-18(24(15)19)20(25)22-14-16-5-2-3-6-17(16)23-9-11-26-12-10-23/h2-3,5-6,13,18H,4,7-12,14H2,1H3,(H,22,25). The van der Waals surface area contributed by atoms with E-state index in [1.807, 2.05) is 19.2 Å². The van der Waals surface area contributed by atoms with Crippen molar-refractivity contribution >= 4 is 11.6 Å². The van der Waals surface area contributed by atoms with Crippen molar-refractivity contribution in [3.8, 4) is 0 Å². The molecule has 3 heterocycles. The Hall–Kier alpha value is -2.34. The summed E-state index contributed by atoms with van der Waals surface area (Å²) < 4.78 is 7.56. The molecule has 1 aromatic carbocycles. The second-order valence-electron chi connectivity index (χ2n) is 7.04. The molecule has 6 heteroatoms. The summed E-state index contributed by atoms with van der Waals surface area (Å²) in [5.74, 6) is 1.12. The average Bonchev–Trinajstić information content (AvgIpc) is 3.08. The first-order valence-corrected chi connectivity index (χ1v) is 9.45. The zero-order valence-corrected chi connectivity index (χ0v) is 15.3. The number of carbonyl (C=O) groups excluding carboxylic acids is 1. The first-order valence-electron chi connectivity index (χ1n) is 9.45. The fourth-order valence-electron chi connectivity index (χ4n) is 4.01. The molecule has 1 N–H and O–H groups in total.